The van der Waals surface area contributed by atoms with Crippen LogP contribution >= 0.6 is 0 Å². The van der Waals surface area contributed by atoms with Crippen LogP contribution in [0.5, 0.6) is 0 Å². The van der Waals surface area contributed by atoms with Crippen LogP contribution in [0.1, 0.15) is 42.4 Å². The number of hydrogen-bond donors (Lipinski definition) is 2. The monoisotopic (exact) mass is 543 g/mol. The number of anilines is 1. The Morgan fingerprint density at radius 3 is 2.51 bits per heavy atom. The van der Waals surface area contributed by atoms with Gasteiger partial charge in [0.2, 0.25) is 10.0 Å². The lowest BCUT2D eigenvalue weighted by Crippen LogP contribution is -2.41. The van der Waals surface area contributed by atoms with Crippen LogP contribution in [0, 0.1) is 6.92 Å². The number of nitrogens with zero attached hydrogens (tertiary/aromatic N) is 3. The fraction of sp³-hybridized carbons (Fsp3) is 0.333. The van der Waals surface area contributed by atoms with Gasteiger partial charge in [-0.25, -0.2) is 17.9 Å². The third-order valence-electron chi connectivity index (χ3n) is 8.50. The number of nitrogens with one attached hydrogen (secondary N) is 2. The summed E-state index contributed by atoms with van der Waals surface area (Å²) in [6, 6.07) is 17.2. The molecule has 2 N–H and O–H groups in total. The zero-order chi connectivity index (χ0) is 27.4. The maximum atomic E-state index is 13.5. The summed E-state index contributed by atoms with van der Waals surface area (Å²) in [6.45, 7) is 3.13. The lowest BCUT2D eigenvalue weighted by atomic mass is 9.79. The number of carbonyl (C=O) groups is 1. The summed E-state index contributed by atoms with van der Waals surface area (Å²) in [7, 11) is -0.142. The molecule has 9 heteroatoms. The van der Waals surface area contributed by atoms with E-state index in [-0.39, 0.29) is 16.3 Å². The van der Waals surface area contributed by atoms with Crippen molar-refractivity contribution in [1.29, 1.82) is 0 Å². The summed E-state index contributed by atoms with van der Waals surface area (Å²) in [5.41, 5.74) is 7.71. The van der Waals surface area contributed by atoms with E-state index in [9.17, 15) is 13.2 Å². The Morgan fingerprint density at radius 2 is 1.79 bits per heavy atom. The highest BCUT2D eigenvalue weighted by molar-refractivity contribution is 7.89. The molecule has 2 aliphatic rings. The van der Waals surface area contributed by atoms with E-state index in [2.05, 4.69) is 52.4 Å². The molecular weight excluding hydrogens is 510 g/mol. The number of benzene rings is 3. The van der Waals surface area contributed by atoms with Crippen LogP contribution in [0.15, 0.2) is 65.7 Å². The van der Waals surface area contributed by atoms with Crippen molar-refractivity contribution < 1.29 is 13.2 Å². The smallest absolute Gasteiger partial charge is 0.322 e. The van der Waals surface area contributed by atoms with Gasteiger partial charge in [-0.15, -0.1) is 0 Å². The minimum Gasteiger partial charge on any atom is -0.334 e. The Hall–Kier alpha value is -3.69. The SMILES string of the molecule is CNS(=O)(=O)c1ccc(CNC(=O)N2CC3(CCCC3)c3cc(-c4c(C)ccc5c4cnn5C)ccc32)cc1. The molecule has 1 fully saturated rings. The number of sulfonamides is 1. The van der Waals surface area contributed by atoms with Crippen molar-refractivity contribution in [2.24, 2.45) is 7.05 Å². The molecule has 3 aromatic carbocycles. The first-order chi connectivity index (χ1) is 18.7. The van der Waals surface area contributed by atoms with Crippen LogP contribution in [0.25, 0.3) is 22.0 Å². The molecule has 0 radical (unpaired) electrons. The molecule has 4 aromatic rings. The van der Waals surface area contributed by atoms with Crippen molar-refractivity contribution in [3.05, 3.63) is 77.5 Å². The van der Waals surface area contributed by atoms with E-state index in [1.165, 1.54) is 23.7 Å². The minimum atomic E-state index is -3.49. The molecule has 0 bridgehead atoms. The highest BCUT2D eigenvalue weighted by Gasteiger charge is 2.46. The number of hydrogen-bond acceptors (Lipinski definition) is 4. The van der Waals surface area contributed by atoms with Crippen LogP contribution in [0.2, 0.25) is 0 Å². The summed E-state index contributed by atoms with van der Waals surface area (Å²) in [4.78, 5) is 15.6. The van der Waals surface area contributed by atoms with E-state index >= 15 is 0 Å². The van der Waals surface area contributed by atoms with Crippen LogP contribution in [-0.2, 0) is 29.0 Å². The molecule has 202 valence electrons. The van der Waals surface area contributed by atoms with Crippen LogP contribution in [0.3, 0.4) is 0 Å². The maximum Gasteiger partial charge on any atom is 0.322 e. The molecule has 1 saturated carbocycles. The molecule has 6 rings (SSSR count). The molecular formula is C30H33N5O3S. The quantitative estimate of drug-likeness (QED) is 0.370. The summed E-state index contributed by atoms with van der Waals surface area (Å²) in [5, 5.41) is 8.68. The van der Waals surface area contributed by atoms with Gasteiger partial charge in [-0.1, -0.05) is 37.1 Å². The van der Waals surface area contributed by atoms with Gasteiger partial charge in [0.25, 0.3) is 0 Å². The fourth-order valence-corrected chi connectivity index (χ4v) is 7.11. The zero-order valence-corrected chi connectivity index (χ0v) is 23.3. The molecule has 1 spiro atoms. The molecule has 0 saturated heterocycles. The second kappa shape index (κ2) is 9.50. The van der Waals surface area contributed by atoms with E-state index in [0.29, 0.717) is 13.1 Å². The molecule has 1 aliphatic heterocycles. The van der Waals surface area contributed by atoms with Crippen LogP contribution in [0.4, 0.5) is 10.5 Å². The Balaban J connectivity index is 1.29. The Kier molecular flexibility index (Phi) is 6.23. The van der Waals surface area contributed by atoms with Gasteiger partial charge in [0.1, 0.15) is 0 Å². The highest BCUT2D eigenvalue weighted by Crippen LogP contribution is 2.51. The Morgan fingerprint density at radius 1 is 1.05 bits per heavy atom. The molecule has 1 aromatic heterocycles. The van der Waals surface area contributed by atoms with Crippen molar-refractivity contribution >= 4 is 32.6 Å². The van der Waals surface area contributed by atoms with Crippen molar-refractivity contribution in [1.82, 2.24) is 19.8 Å². The van der Waals surface area contributed by atoms with E-state index < -0.39 is 10.0 Å². The van der Waals surface area contributed by atoms with E-state index in [0.717, 1.165) is 53.4 Å². The first kappa shape index (κ1) is 25.6. The molecule has 0 atom stereocenters. The van der Waals surface area contributed by atoms with Crippen molar-refractivity contribution in [3.63, 3.8) is 0 Å². The highest BCUT2D eigenvalue weighted by atomic mass is 32.2. The van der Waals surface area contributed by atoms with E-state index in [4.69, 9.17) is 0 Å². The molecule has 39 heavy (non-hydrogen) atoms. The zero-order valence-electron chi connectivity index (χ0n) is 22.5. The number of urea groups is 1. The average Bonchev–Trinajstić information content (AvgIpc) is 3.66. The van der Waals surface area contributed by atoms with Gasteiger partial charge in [0.05, 0.1) is 16.6 Å². The summed E-state index contributed by atoms with van der Waals surface area (Å²) >= 11 is 0. The van der Waals surface area contributed by atoms with Gasteiger partial charge in [-0.2, -0.15) is 5.10 Å². The number of amides is 2. The minimum absolute atomic E-state index is 0.0252. The molecule has 2 amide bonds. The second-order valence-corrected chi connectivity index (χ2v) is 12.7. The normalized spacial score (nSPS) is 16.2. The molecule has 8 nitrogen and oxygen atoms in total. The largest absolute Gasteiger partial charge is 0.334 e. The number of rotatable bonds is 5. The van der Waals surface area contributed by atoms with Crippen LogP contribution in [-0.4, -0.2) is 37.8 Å². The van der Waals surface area contributed by atoms with Gasteiger partial charge < -0.3 is 5.32 Å². The third kappa shape index (κ3) is 4.30. The van der Waals surface area contributed by atoms with Gasteiger partial charge in [-0.05, 0) is 85.0 Å². The van der Waals surface area contributed by atoms with Crippen molar-refractivity contribution in [2.75, 3.05) is 18.5 Å². The van der Waals surface area contributed by atoms with Crippen molar-refractivity contribution in [3.8, 4) is 11.1 Å². The first-order valence-corrected chi connectivity index (χ1v) is 14.8. The lowest BCUT2D eigenvalue weighted by molar-refractivity contribution is 0.245. The topological polar surface area (TPSA) is 96.3 Å². The van der Waals surface area contributed by atoms with Gasteiger partial charge in [-0.3, -0.25) is 9.58 Å². The lowest BCUT2D eigenvalue weighted by Gasteiger charge is -2.25. The van der Waals surface area contributed by atoms with Gasteiger partial charge in [0.15, 0.2) is 0 Å². The number of carbonyl (C=O) groups excluding carboxylic acids is 1. The van der Waals surface area contributed by atoms with E-state index in [1.807, 2.05) is 22.8 Å². The predicted octanol–water partition coefficient (Wildman–Crippen LogP) is 5.00. The van der Waals surface area contributed by atoms with E-state index in [1.54, 1.807) is 24.3 Å². The summed E-state index contributed by atoms with van der Waals surface area (Å²) in [5.74, 6) is 0. The standard InChI is InChI=1S/C30H33N5O3S/c1-20-6-12-26-24(18-33-34(26)3)28(20)22-9-13-27-25(16-22)30(14-4-5-15-30)19-35(27)29(36)32-17-21-7-10-23(11-8-21)39(37,38)31-2/h6-13,16,18,31H,4-5,14-15,17,19H2,1-3H3,(H,32,36). The maximum absolute atomic E-state index is 13.5. The fourth-order valence-electron chi connectivity index (χ4n) is 6.38. The number of aryl methyl sites for hydroxylation is 2. The Labute approximate surface area is 229 Å². The summed E-state index contributed by atoms with van der Waals surface area (Å²) < 4.78 is 28.2. The third-order valence-corrected chi connectivity index (χ3v) is 9.93. The summed E-state index contributed by atoms with van der Waals surface area (Å²) in [6.07, 6.45) is 6.42. The second-order valence-electron chi connectivity index (χ2n) is 10.8. The predicted molar refractivity (Wildman–Crippen MR) is 153 cm³/mol. The van der Waals surface area contributed by atoms with Crippen molar-refractivity contribution in [2.45, 2.75) is 49.5 Å². The number of aromatic nitrogens is 2. The average molecular weight is 544 g/mol. The molecule has 2 heterocycles. The van der Waals surface area contributed by atoms with Crippen LogP contribution < -0.4 is 14.9 Å². The Bertz CT molecular complexity index is 1690. The molecule has 1 aliphatic carbocycles. The number of fused-ring (bicyclic) bond motifs is 3. The van der Waals surface area contributed by atoms with Gasteiger partial charge in [0, 0.05) is 36.6 Å². The first-order valence-electron chi connectivity index (χ1n) is 13.4. The van der Waals surface area contributed by atoms with Gasteiger partial charge >= 0.3 is 6.03 Å². The molecule has 0 unspecified atom stereocenters.